The first-order valence-corrected chi connectivity index (χ1v) is 6.69. The molecule has 0 radical (unpaired) electrons. The van der Waals surface area contributed by atoms with E-state index in [-0.39, 0.29) is 10.8 Å². The Labute approximate surface area is 123 Å². The molecule has 0 bridgehead atoms. The van der Waals surface area contributed by atoms with E-state index < -0.39 is 0 Å². The second-order valence-electron chi connectivity index (χ2n) is 4.52. The Bertz CT molecular complexity index is 601. The topological polar surface area (TPSA) is 42.2 Å². The number of benzene rings is 1. The summed E-state index contributed by atoms with van der Waals surface area (Å²) >= 11 is 4.83. The van der Waals surface area contributed by atoms with Gasteiger partial charge in [-0.3, -0.25) is 4.98 Å². The Morgan fingerprint density at radius 3 is 2.75 bits per heavy atom. The van der Waals surface area contributed by atoms with Crippen molar-refractivity contribution in [3.63, 3.8) is 0 Å². The van der Waals surface area contributed by atoms with Crippen LogP contribution >= 0.6 is 12.2 Å². The maximum Gasteiger partial charge on any atom is 0.147 e. The predicted octanol–water partition coefficient (Wildman–Crippen LogP) is 2.53. The average molecular weight is 289 g/mol. The Morgan fingerprint density at radius 1 is 1.35 bits per heavy atom. The molecule has 0 unspecified atom stereocenters. The van der Waals surface area contributed by atoms with Gasteiger partial charge in [-0.1, -0.05) is 18.3 Å². The molecule has 3 nitrogen and oxygen atoms in total. The Hall–Kier alpha value is -2.01. The number of likely N-dealkylation sites (N-methyl/N-ethyl adjacent to an activating group) is 1. The number of pyridine rings is 1. The van der Waals surface area contributed by atoms with Crippen LogP contribution in [-0.2, 0) is 6.42 Å². The van der Waals surface area contributed by atoms with Gasteiger partial charge < -0.3 is 10.6 Å². The van der Waals surface area contributed by atoms with Crippen LogP contribution in [0.3, 0.4) is 0 Å². The summed E-state index contributed by atoms with van der Waals surface area (Å²) in [7, 11) is 1.85. The van der Waals surface area contributed by atoms with Crippen LogP contribution in [0.4, 0.5) is 10.1 Å². The molecule has 0 aliphatic heterocycles. The van der Waals surface area contributed by atoms with Crippen molar-refractivity contribution in [2.24, 2.45) is 5.73 Å². The van der Waals surface area contributed by atoms with Crippen LogP contribution in [0.15, 0.2) is 42.6 Å². The lowest BCUT2D eigenvalue weighted by atomic mass is 10.1. The quantitative estimate of drug-likeness (QED) is 0.859. The molecule has 1 heterocycles. The molecule has 20 heavy (non-hydrogen) atoms. The van der Waals surface area contributed by atoms with Crippen molar-refractivity contribution in [3.05, 3.63) is 59.7 Å². The monoisotopic (exact) mass is 289 g/mol. The highest BCUT2D eigenvalue weighted by molar-refractivity contribution is 7.80. The first-order valence-electron chi connectivity index (χ1n) is 6.28. The normalized spacial score (nSPS) is 10.3. The SMILES string of the molecule is CN(CCc1ccccn1)c1ccc(C(N)=S)cc1F. The van der Waals surface area contributed by atoms with Gasteiger partial charge in [0.2, 0.25) is 0 Å². The second kappa shape index (κ2) is 6.43. The first kappa shape index (κ1) is 14.4. The molecule has 0 spiro atoms. The first-order chi connectivity index (χ1) is 9.58. The van der Waals surface area contributed by atoms with E-state index in [1.165, 1.54) is 6.07 Å². The van der Waals surface area contributed by atoms with Gasteiger partial charge >= 0.3 is 0 Å². The molecule has 0 fully saturated rings. The average Bonchev–Trinajstić information content (AvgIpc) is 2.45. The summed E-state index contributed by atoms with van der Waals surface area (Å²) in [6, 6.07) is 10.6. The van der Waals surface area contributed by atoms with Crippen LogP contribution in [0.2, 0.25) is 0 Å². The van der Waals surface area contributed by atoms with Gasteiger partial charge in [-0.05, 0) is 30.3 Å². The van der Waals surface area contributed by atoms with Crippen molar-refractivity contribution in [2.75, 3.05) is 18.5 Å². The molecule has 2 aromatic rings. The smallest absolute Gasteiger partial charge is 0.147 e. The number of nitrogens with zero attached hydrogens (tertiary/aromatic N) is 2. The van der Waals surface area contributed by atoms with Crippen LogP contribution in [-0.4, -0.2) is 23.6 Å². The molecule has 0 aliphatic rings. The van der Waals surface area contributed by atoms with Crippen LogP contribution in [0.1, 0.15) is 11.3 Å². The van der Waals surface area contributed by atoms with E-state index in [0.29, 0.717) is 17.8 Å². The lowest BCUT2D eigenvalue weighted by molar-refractivity contribution is 0.621. The van der Waals surface area contributed by atoms with Crippen LogP contribution in [0.5, 0.6) is 0 Å². The van der Waals surface area contributed by atoms with Gasteiger partial charge in [0.25, 0.3) is 0 Å². The third kappa shape index (κ3) is 3.51. The summed E-state index contributed by atoms with van der Waals surface area (Å²) in [5, 5.41) is 0. The fourth-order valence-electron chi connectivity index (χ4n) is 1.92. The number of aromatic nitrogens is 1. The van der Waals surface area contributed by atoms with Gasteiger partial charge in [-0.15, -0.1) is 0 Å². The van der Waals surface area contributed by atoms with Gasteiger partial charge in [0, 0.05) is 37.5 Å². The zero-order chi connectivity index (χ0) is 14.5. The summed E-state index contributed by atoms with van der Waals surface area (Å²) in [5.74, 6) is -0.321. The number of nitrogens with two attached hydrogens (primary N) is 1. The molecule has 2 N–H and O–H groups in total. The zero-order valence-electron chi connectivity index (χ0n) is 11.2. The fourth-order valence-corrected chi connectivity index (χ4v) is 2.05. The minimum absolute atomic E-state index is 0.201. The van der Waals surface area contributed by atoms with Crippen molar-refractivity contribution in [3.8, 4) is 0 Å². The van der Waals surface area contributed by atoms with Crippen molar-refractivity contribution in [1.29, 1.82) is 0 Å². The van der Waals surface area contributed by atoms with Gasteiger partial charge in [0.15, 0.2) is 0 Å². The van der Waals surface area contributed by atoms with E-state index in [0.717, 1.165) is 12.1 Å². The summed E-state index contributed by atoms with van der Waals surface area (Å²) in [4.78, 5) is 6.31. The van der Waals surface area contributed by atoms with E-state index in [4.69, 9.17) is 18.0 Å². The third-order valence-electron chi connectivity index (χ3n) is 3.07. The molecular weight excluding hydrogens is 273 g/mol. The zero-order valence-corrected chi connectivity index (χ0v) is 12.0. The van der Waals surface area contributed by atoms with E-state index in [2.05, 4.69) is 4.98 Å². The fraction of sp³-hybridized carbons (Fsp3) is 0.200. The molecule has 0 atom stereocenters. The van der Waals surface area contributed by atoms with Gasteiger partial charge in [-0.25, -0.2) is 4.39 Å². The molecule has 2 rings (SSSR count). The largest absolute Gasteiger partial charge is 0.389 e. The number of thiocarbonyl (C=S) groups is 1. The van der Waals surface area contributed by atoms with Crippen molar-refractivity contribution in [2.45, 2.75) is 6.42 Å². The van der Waals surface area contributed by atoms with Gasteiger partial charge in [0.1, 0.15) is 10.8 Å². The van der Waals surface area contributed by atoms with Gasteiger partial charge in [0.05, 0.1) is 5.69 Å². The lowest BCUT2D eigenvalue weighted by Gasteiger charge is -2.20. The van der Waals surface area contributed by atoms with E-state index >= 15 is 0 Å². The maximum absolute atomic E-state index is 14.0. The van der Waals surface area contributed by atoms with E-state index in [9.17, 15) is 4.39 Å². The highest BCUT2D eigenvalue weighted by atomic mass is 32.1. The van der Waals surface area contributed by atoms with Crippen LogP contribution in [0.25, 0.3) is 0 Å². The molecule has 0 aliphatic carbocycles. The third-order valence-corrected chi connectivity index (χ3v) is 3.31. The Balaban J connectivity index is 2.06. The van der Waals surface area contributed by atoms with Crippen LogP contribution in [0, 0.1) is 5.82 Å². The Morgan fingerprint density at radius 2 is 2.15 bits per heavy atom. The number of halogens is 1. The second-order valence-corrected chi connectivity index (χ2v) is 4.96. The molecule has 1 aromatic carbocycles. The number of hydrogen-bond acceptors (Lipinski definition) is 3. The number of anilines is 1. The van der Waals surface area contributed by atoms with Crippen molar-refractivity contribution < 1.29 is 4.39 Å². The van der Waals surface area contributed by atoms with Crippen LogP contribution < -0.4 is 10.6 Å². The highest BCUT2D eigenvalue weighted by Gasteiger charge is 2.09. The molecule has 1 aromatic heterocycles. The van der Waals surface area contributed by atoms with Crippen molar-refractivity contribution in [1.82, 2.24) is 4.98 Å². The summed E-state index contributed by atoms with van der Waals surface area (Å²) in [6.07, 6.45) is 2.51. The van der Waals surface area contributed by atoms with E-state index in [1.807, 2.05) is 30.1 Å². The Kier molecular flexibility index (Phi) is 4.63. The van der Waals surface area contributed by atoms with E-state index in [1.54, 1.807) is 18.3 Å². The summed E-state index contributed by atoms with van der Waals surface area (Å²) in [5.41, 5.74) is 7.54. The molecule has 104 valence electrons. The molecule has 5 heteroatoms. The molecular formula is C15H16FN3S. The lowest BCUT2D eigenvalue weighted by Crippen LogP contribution is -2.22. The number of hydrogen-bond donors (Lipinski definition) is 1. The molecule has 0 saturated heterocycles. The summed E-state index contributed by atoms with van der Waals surface area (Å²) in [6.45, 7) is 0.681. The minimum atomic E-state index is -0.321. The molecule has 0 amide bonds. The highest BCUT2D eigenvalue weighted by Crippen LogP contribution is 2.19. The molecule has 0 saturated carbocycles. The minimum Gasteiger partial charge on any atom is -0.389 e. The standard InChI is InChI=1S/C15H16FN3S/c1-19(9-7-12-4-2-3-8-18-12)14-6-5-11(15(17)20)10-13(14)16/h2-6,8,10H,7,9H2,1H3,(H2,17,20). The van der Waals surface area contributed by atoms with Gasteiger partial charge in [-0.2, -0.15) is 0 Å². The summed E-state index contributed by atoms with van der Waals surface area (Å²) < 4.78 is 14.0. The maximum atomic E-state index is 14.0. The van der Waals surface area contributed by atoms with Crippen molar-refractivity contribution >= 4 is 22.9 Å². The number of rotatable bonds is 5. The predicted molar refractivity (Wildman–Crippen MR) is 83.5 cm³/mol.